The fourth-order valence-corrected chi connectivity index (χ4v) is 4.12. The summed E-state index contributed by atoms with van der Waals surface area (Å²) in [6.45, 7) is 0.892. The summed E-state index contributed by atoms with van der Waals surface area (Å²) in [4.78, 5) is 25.5. The molecule has 0 aliphatic carbocycles. The van der Waals surface area contributed by atoms with Gasteiger partial charge in [-0.2, -0.15) is 10.4 Å². The minimum atomic E-state index is -0.250. The number of pyridine rings is 2. The largest absolute Gasteiger partial charge is 0.483 e. The molecule has 3 aromatic heterocycles. The molecule has 0 bridgehead atoms. The first-order valence-electron chi connectivity index (χ1n) is 12.2. The number of aryl methyl sites for hydroxylation is 1. The number of hydrogen-bond donors (Lipinski definition) is 4. The summed E-state index contributed by atoms with van der Waals surface area (Å²) in [7, 11) is 1.90. The summed E-state index contributed by atoms with van der Waals surface area (Å²) in [6.07, 6.45) is 8.04. The first-order chi connectivity index (χ1) is 19.5. The van der Waals surface area contributed by atoms with Gasteiger partial charge in [-0.05, 0) is 36.2 Å². The van der Waals surface area contributed by atoms with E-state index in [0.717, 1.165) is 40.9 Å². The minimum absolute atomic E-state index is 0.0204. The van der Waals surface area contributed by atoms with Gasteiger partial charge < -0.3 is 25.6 Å². The van der Waals surface area contributed by atoms with Crippen molar-refractivity contribution in [3.63, 3.8) is 0 Å². The lowest BCUT2D eigenvalue weighted by molar-refractivity contribution is -0.123. The van der Waals surface area contributed by atoms with Crippen molar-refractivity contribution < 1.29 is 24.5 Å². The van der Waals surface area contributed by atoms with Crippen molar-refractivity contribution in [1.29, 1.82) is 5.26 Å². The molecule has 0 spiro atoms. The van der Waals surface area contributed by atoms with Gasteiger partial charge in [-0.25, -0.2) is 9.97 Å². The number of anilines is 1. The molecule has 12 heteroatoms. The fraction of sp³-hybridized carbons (Fsp3) is 0.214. The fourth-order valence-electron chi connectivity index (χ4n) is 4.12. The van der Waals surface area contributed by atoms with Crippen LogP contribution >= 0.6 is 0 Å². The molecule has 4 heterocycles. The summed E-state index contributed by atoms with van der Waals surface area (Å²) >= 11 is 0. The number of aromatic nitrogens is 4. The molecule has 4 N–H and O–H groups in total. The Balaban J connectivity index is 0.000000676. The number of carboxylic acid groups (broad SMARTS) is 2. The van der Waals surface area contributed by atoms with E-state index in [1.165, 1.54) is 0 Å². The number of ether oxygens (including phenoxy) is 1. The molecule has 0 saturated heterocycles. The minimum Gasteiger partial charge on any atom is -0.483 e. The van der Waals surface area contributed by atoms with Gasteiger partial charge in [0.1, 0.15) is 17.9 Å². The van der Waals surface area contributed by atoms with Gasteiger partial charge in [0, 0.05) is 36.8 Å². The van der Waals surface area contributed by atoms with Crippen molar-refractivity contribution in [2.75, 3.05) is 18.4 Å². The van der Waals surface area contributed by atoms with E-state index in [1.807, 2.05) is 49.9 Å². The highest BCUT2D eigenvalue weighted by Gasteiger charge is 2.29. The third-order valence-electron chi connectivity index (χ3n) is 5.89. The van der Waals surface area contributed by atoms with E-state index in [1.54, 1.807) is 16.9 Å². The predicted molar refractivity (Wildman–Crippen MR) is 147 cm³/mol. The Hall–Kier alpha value is -5.28. The van der Waals surface area contributed by atoms with Crippen LogP contribution in [0, 0.1) is 11.3 Å². The Morgan fingerprint density at radius 2 is 1.88 bits per heavy atom. The smallest absolute Gasteiger partial charge is 0.290 e. The number of nitriles is 1. The van der Waals surface area contributed by atoms with Gasteiger partial charge in [0.15, 0.2) is 0 Å². The van der Waals surface area contributed by atoms with Crippen LogP contribution in [0.25, 0.3) is 11.1 Å². The van der Waals surface area contributed by atoms with Crippen molar-refractivity contribution in [2.24, 2.45) is 7.05 Å². The maximum Gasteiger partial charge on any atom is 0.290 e. The summed E-state index contributed by atoms with van der Waals surface area (Å²) in [5, 5.41) is 34.1. The molecule has 5 rings (SSSR count). The summed E-state index contributed by atoms with van der Waals surface area (Å²) < 4.78 is 8.15. The average Bonchev–Trinajstić information content (AvgIpc) is 3.42. The molecule has 40 heavy (non-hydrogen) atoms. The lowest BCUT2D eigenvalue weighted by Gasteiger charge is -2.33. The zero-order valence-corrected chi connectivity index (χ0v) is 21.7. The molecule has 2 atom stereocenters. The number of benzene rings is 1. The monoisotopic (exact) mass is 543 g/mol. The number of rotatable bonds is 7. The summed E-state index contributed by atoms with van der Waals surface area (Å²) in [6, 6.07) is 18.1. The molecule has 4 aromatic rings. The van der Waals surface area contributed by atoms with Gasteiger partial charge in [-0.1, -0.05) is 36.4 Å². The van der Waals surface area contributed by atoms with Gasteiger partial charge in [-0.15, -0.1) is 0 Å². The van der Waals surface area contributed by atoms with Gasteiger partial charge in [0.2, 0.25) is 5.88 Å². The molecule has 0 radical (unpaired) electrons. The Bertz CT molecular complexity index is 1400. The highest BCUT2D eigenvalue weighted by Crippen LogP contribution is 2.34. The van der Waals surface area contributed by atoms with Gasteiger partial charge in [-0.3, -0.25) is 14.3 Å². The molecule has 206 valence electrons. The molecular weight excluding hydrogens is 514 g/mol. The first kappa shape index (κ1) is 29.3. The van der Waals surface area contributed by atoms with E-state index in [2.05, 4.69) is 50.0 Å². The zero-order chi connectivity index (χ0) is 28.7. The number of hydrogen-bond acceptors (Lipinski definition) is 9. The molecule has 0 amide bonds. The normalized spacial score (nSPS) is 13.8. The van der Waals surface area contributed by atoms with E-state index in [0.29, 0.717) is 18.1 Å². The van der Waals surface area contributed by atoms with E-state index >= 15 is 0 Å². The van der Waals surface area contributed by atoms with Crippen LogP contribution in [-0.4, -0.2) is 62.1 Å². The standard InChI is InChI=1S/C26H25N7O.2CH2O2/c1-33-17-21(15-32-33)20-11-23-26(31-14-20)34-24(16-30-23)25(19-5-3-2-4-6-19)28-10-9-18-7-8-22(12-27)29-13-18;2*2-1-3/h2-8,11,13-15,17,24-25,28,30H,9-10,16H2,1H3;2*1H,(H,2,3)/t24-,25+;;/m0../s1. The molecule has 0 fully saturated rings. The number of nitrogens with one attached hydrogen (secondary N) is 2. The van der Waals surface area contributed by atoms with Crippen LogP contribution < -0.4 is 15.4 Å². The topological polar surface area (TPSA) is 175 Å². The van der Waals surface area contributed by atoms with Crippen LogP contribution in [0.15, 0.2) is 73.3 Å². The summed E-state index contributed by atoms with van der Waals surface area (Å²) in [5.41, 5.74) is 5.56. The lowest BCUT2D eigenvalue weighted by atomic mass is 9.99. The van der Waals surface area contributed by atoms with Gasteiger partial charge >= 0.3 is 0 Å². The highest BCUT2D eigenvalue weighted by atomic mass is 16.5. The Kier molecular flexibility index (Phi) is 11.1. The second kappa shape index (κ2) is 15.2. The molecular formula is C28H29N7O5. The van der Waals surface area contributed by atoms with Crippen molar-refractivity contribution in [3.05, 3.63) is 90.1 Å². The number of carbonyl (C=O) groups is 2. The van der Waals surface area contributed by atoms with E-state index in [-0.39, 0.29) is 25.1 Å². The van der Waals surface area contributed by atoms with Crippen molar-refractivity contribution in [2.45, 2.75) is 18.6 Å². The molecule has 1 aromatic carbocycles. The third kappa shape index (κ3) is 8.11. The molecule has 0 unspecified atom stereocenters. The molecule has 1 aliphatic rings. The Morgan fingerprint density at radius 1 is 1.12 bits per heavy atom. The first-order valence-corrected chi connectivity index (χ1v) is 12.2. The van der Waals surface area contributed by atoms with Crippen LogP contribution in [0.5, 0.6) is 5.88 Å². The van der Waals surface area contributed by atoms with Gasteiger partial charge in [0.25, 0.3) is 12.9 Å². The molecule has 12 nitrogen and oxygen atoms in total. The van der Waals surface area contributed by atoms with Gasteiger partial charge in [0.05, 0.1) is 24.5 Å². The van der Waals surface area contributed by atoms with Crippen molar-refractivity contribution in [1.82, 2.24) is 25.1 Å². The Labute approximate surface area is 230 Å². The number of nitrogens with zero attached hydrogens (tertiary/aromatic N) is 5. The van der Waals surface area contributed by atoms with E-state index in [4.69, 9.17) is 29.8 Å². The lowest BCUT2D eigenvalue weighted by Crippen LogP contribution is -2.43. The number of fused-ring (bicyclic) bond motifs is 1. The third-order valence-corrected chi connectivity index (χ3v) is 5.89. The predicted octanol–water partition coefficient (Wildman–Crippen LogP) is 2.90. The van der Waals surface area contributed by atoms with E-state index < -0.39 is 0 Å². The quantitative estimate of drug-likeness (QED) is 0.252. The molecule has 1 aliphatic heterocycles. The molecule has 0 saturated carbocycles. The van der Waals surface area contributed by atoms with Crippen LogP contribution in [0.1, 0.15) is 22.9 Å². The van der Waals surface area contributed by atoms with Crippen LogP contribution in [0.4, 0.5) is 5.69 Å². The van der Waals surface area contributed by atoms with E-state index in [9.17, 15) is 0 Å². The average molecular weight is 544 g/mol. The van der Waals surface area contributed by atoms with Crippen molar-refractivity contribution >= 4 is 18.6 Å². The van der Waals surface area contributed by atoms with Crippen LogP contribution in [0.2, 0.25) is 0 Å². The van der Waals surface area contributed by atoms with Crippen LogP contribution in [0.3, 0.4) is 0 Å². The van der Waals surface area contributed by atoms with Crippen molar-refractivity contribution in [3.8, 4) is 23.1 Å². The highest BCUT2D eigenvalue weighted by molar-refractivity contribution is 5.69. The summed E-state index contributed by atoms with van der Waals surface area (Å²) in [5.74, 6) is 0.600. The maximum absolute atomic E-state index is 8.94. The Morgan fingerprint density at radius 3 is 2.50 bits per heavy atom. The van der Waals surface area contributed by atoms with Crippen LogP contribution in [-0.2, 0) is 23.1 Å². The second-order valence-corrected chi connectivity index (χ2v) is 8.48. The maximum atomic E-state index is 8.94. The second-order valence-electron chi connectivity index (χ2n) is 8.48. The SMILES string of the molecule is Cn1cc(-c2cnc3c(c2)NC[C@@H]([C@H](NCCc2ccc(C#N)nc2)c2ccccc2)O3)cn1.O=CO.O=CO. The zero-order valence-electron chi connectivity index (χ0n) is 21.7.